The lowest BCUT2D eigenvalue weighted by molar-refractivity contribution is 0.165. The second-order valence-corrected chi connectivity index (χ2v) is 4.40. The summed E-state index contributed by atoms with van der Waals surface area (Å²) in [6.45, 7) is 2.56. The van der Waals surface area contributed by atoms with E-state index < -0.39 is 0 Å². The number of piperazine rings is 1. The summed E-state index contributed by atoms with van der Waals surface area (Å²) in [5.41, 5.74) is 0. The molecule has 0 spiro atoms. The Morgan fingerprint density at radius 1 is 1.64 bits per heavy atom. The van der Waals surface area contributed by atoms with Gasteiger partial charge in [0.25, 0.3) is 0 Å². The first-order valence-corrected chi connectivity index (χ1v) is 5.02. The molecule has 0 bridgehead atoms. The third-order valence-electron chi connectivity index (χ3n) is 1.75. The number of rotatable bonds is 0. The van der Waals surface area contributed by atoms with Crippen LogP contribution in [0.1, 0.15) is 0 Å². The van der Waals surface area contributed by atoms with Gasteiger partial charge in [0.05, 0.1) is 4.05 Å². The summed E-state index contributed by atoms with van der Waals surface area (Å²) in [6.07, 6.45) is 0. The molecular formula is C6H10ClIN2O. The minimum Gasteiger partial charge on any atom is -0.315 e. The molecular weight excluding hydrogens is 278 g/mol. The van der Waals surface area contributed by atoms with E-state index in [0.29, 0.717) is 0 Å². The lowest BCUT2D eigenvalue weighted by atomic mass is 10.3. The van der Waals surface area contributed by atoms with Crippen LogP contribution in [0.4, 0.5) is 4.79 Å². The second-order valence-electron chi connectivity index (χ2n) is 2.64. The molecule has 1 rings (SSSR count). The third kappa shape index (κ3) is 2.45. The number of alkyl halides is 1. The summed E-state index contributed by atoms with van der Waals surface area (Å²) in [5.74, 6) is 0. The number of likely N-dealkylation sites (N-methyl/N-ethyl adjacent to an activating group) is 1. The van der Waals surface area contributed by atoms with Crippen molar-refractivity contribution in [3.8, 4) is 0 Å². The highest BCUT2D eigenvalue weighted by Crippen LogP contribution is 2.16. The average molecular weight is 289 g/mol. The lowest BCUT2D eigenvalue weighted by Gasteiger charge is -2.35. The number of halogens is 2. The van der Waals surface area contributed by atoms with Crippen LogP contribution in [0, 0.1) is 0 Å². The molecule has 0 radical (unpaired) electrons. The smallest absolute Gasteiger partial charge is 0.315 e. The molecule has 1 unspecified atom stereocenters. The third-order valence-corrected chi connectivity index (χ3v) is 3.03. The Labute approximate surface area is 84.8 Å². The molecule has 0 aromatic carbocycles. The number of nitrogens with zero attached hydrogens (tertiary/aromatic N) is 2. The summed E-state index contributed by atoms with van der Waals surface area (Å²) < 4.78 is 0.219. The minimum absolute atomic E-state index is 0.219. The molecule has 0 aliphatic carbocycles. The first-order valence-electron chi connectivity index (χ1n) is 3.40. The molecule has 1 fully saturated rings. The molecule has 1 aliphatic heterocycles. The Morgan fingerprint density at radius 3 is 2.73 bits per heavy atom. The summed E-state index contributed by atoms with van der Waals surface area (Å²) in [6, 6.07) is 0. The van der Waals surface area contributed by atoms with Crippen LogP contribution in [0.5, 0.6) is 0 Å². The SMILES string of the molecule is CN1CCN(C(=O)Cl)C(I)C1. The normalized spacial score (nSPS) is 27.2. The monoisotopic (exact) mass is 288 g/mol. The van der Waals surface area contributed by atoms with Gasteiger partial charge in [-0.25, -0.2) is 0 Å². The van der Waals surface area contributed by atoms with Crippen molar-refractivity contribution in [3.63, 3.8) is 0 Å². The standard InChI is InChI=1S/C6H10ClIN2O/c1-9-2-3-10(6(7)11)5(8)4-9/h5H,2-4H2,1H3. The fourth-order valence-corrected chi connectivity index (χ4v) is 2.63. The molecule has 1 heterocycles. The molecule has 3 nitrogen and oxygen atoms in total. The summed E-state index contributed by atoms with van der Waals surface area (Å²) in [5, 5.41) is -0.336. The Bertz CT molecular complexity index is 167. The summed E-state index contributed by atoms with van der Waals surface area (Å²) in [7, 11) is 2.04. The van der Waals surface area contributed by atoms with E-state index >= 15 is 0 Å². The van der Waals surface area contributed by atoms with Gasteiger partial charge in [-0.1, -0.05) is 22.6 Å². The molecule has 64 valence electrons. The van der Waals surface area contributed by atoms with Crippen molar-refractivity contribution in [1.29, 1.82) is 0 Å². The van der Waals surface area contributed by atoms with Crippen molar-refractivity contribution in [1.82, 2.24) is 9.80 Å². The molecule has 5 heteroatoms. The number of hydrogen-bond donors (Lipinski definition) is 0. The van der Waals surface area contributed by atoms with Crippen LogP contribution >= 0.6 is 34.2 Å². The topological polar surface area (TPSA) is 23.6 Å². The largest absolute Gasteiger partial charge is 0.317 e. The van der Waals surface area contributed by atoms with E-state index in [2.05, 4.69) is 27.5 Å². The average Bonchev–Trinajstić information content (AvgIpc) is 1.85. The maximum Gasteiger partial charge on any atom is 0.317 e. The van der Waals surface area contributed by atoms with Gasteiger partial charge in [-0.2, -0.15) is 0 Å². The van der Waals surface area contributed by atoms with Crippen molar-refractivity contribution in [2.75, 3.05) is 26.7 Å². The maximum atomic E-state index is 10.8. The number of carbonyl (C=O) groups excluding carboxylic acids is 1. The van der Waals surface area contributed by atoms with E-state index in [4.69, 9.17) is 11.6 Å². The van der Waals surface area contributed by atoms with E-state index in [1.807, 2.05) is 7.05 Å². The predicted octanol–water partition coefficient (Wildman–Crippen LogP) is 1.35. The molecule has 1 saturated heterocycles. The van der Waals surface area contributed by atoms with Crippen molar-refractivity contribution in [3.05, 3.63) is 0 Å². The Kier molecular flexibility index (Phi) is 3.39. The lowest BCUT2D eigenvalue weighted by Crippen LogP contribution is -2.49. The Morgan fingerprint density at radius 2 is 2.27 bits per heavy atom. The summed E-state index contributed by atoms with van der Waals surface area (Å²) in [4.78, 5) is 14.7. The van der Waals surface area contributed by atoms with Gasteiger partial charge < -0.3 is 9.80 Å². The Hall–Kier alpha value is 0.450. The highest BCUT2D eigenvalue weighted by molar-refractivity contribution is 14.1. The van der Waals surface area contributed by atoms with Crippen LogP contribution in [0.25, 0.3) is 0 Å². The van der Waals surface area contributed by atoms with Gasteiger partial charge in [-0.3, -0.25) is 4.79 Å². The Balaban J connectivity index is 2.50. The highest BCUT2D eigenvalue weighted by atomic mass is 127. The van der Waals surface area contributed by atoms with Gasteiger partial charge in [-0.15, -0.1) is 0 Å². The number of amides is 1. The van der Waals surface area contributed by atoms with Gasteiger partial charge in [0, 0.05) is 19.6 Å². The molecule has 1 aliphatic rings. The van der Waals surface area contributed by atoms with Gasteiger partial charge in [-0.05, 0) is 18.6 Å². The van der Waals surface area contributed by atoms with Crippen LogP contribution in [-0.4, -0.2) is 45.9 Å². The van der Waals surface area contributed by atoms with E-state index in [0.717, 1.165) is 19.6 Å². The van der Waals surface area contributed by atoms with Crippen LogP contribution < -0.4 is 0 Å². The zero-order valence-electron chi connectivity index (χ0n) is 6.26. The quantitative estimate of drug-likeness (QED) is 0.291. The second kappa shape index (κ2) is 3.91. The van der Waals surface area contributed by atoms with Gasteiger partial charge in [0.1, 0.15) is 0 Å². The van der Waals surface area contributed by atoms with Crippen LogP contribution in [0.2, 0.25) is 0 Å². The molecule has 0 N–H and O–H groups in total. The number of hydrogen-bond acceptors (Lipinski definition) is 2. The van der Waals surface area contributed by atoms with E-state index in [1.165, 1.54) is 0 Å². The molecule has 0 aromatic rings. The summed E-state index contributed by atoms with van der Waals surface area (Å²) >= 11 is 7.59. The van der Waals surface area contributed by atoms with E-state index in [-0.39, 0.29) is 9.41 Å². The molecule has 0 saturated carbocycles. The first kappa shape index (κ1) is 9.54. The maximum absolute atomic E-state index is 10.8. The molecule has 1 amide bonds. The van der Waals surface area contributed by atoms with Crippen LogP contribution in [-0.2, 0) is 0 Å². The fourth-order valence-electron chi connectivity index (χ4n) is 1.06. The fraction of sp³-hybridized carbons (Fsp3) is 0.833. The van der Waals surface area contributed by atoms with Gasteiger partial charge >= 0.3 is 5.37 Å². The molecule has 1 atom stereocenters. The van der Waals surface area contributed by atoms with Gasteiger partial charge in [0.2, 0.25) is 0 Å². The van der Waals surface area contributed by atoms with Crippen LogP contribution in [0.15, 0.2) is 0 Å². The molecule has 11 heavy (non-hydrogen) atoms. The molecule has 0 aromatic heterocycles. The van der Waals surface area contributed by atoms with Crippen molar-refractivity contribution in [2.45, 2.75) is 4.05 Å². The number of carbonyl (C=O) groups is 1. The van der Waals surface area contributed by atoms with Crippen molar-refractivity contribution >= 4 is 39.6 Å². The highest BCUT2D eigenvalue weighted by Gasteiger charge is 2.25. The minimum atomic E-state index is -0.336. The van der Waals surface area contributed by atoms with Crippen molar-refractivity contribution < 1.29 is 4.79 Å². The van der Waals surface area contributed by atoms with Crippen LogP contribution in [0.3, 0.4) is 0 Å². The zero-order chi connectivity index (χ0) is 8.43. The predicted molar refractivity (Wildman–Crippen MR) is 53.3 cm³/mol. The van der Waals surface area contributed by atoms with Crippen molar-refractivity contribution in [2.24, 2.45) is 0 Å². The first-order chi connectivity index (χ1) is 5.11. The van der Waals surface area contributed by atoms with E-state index in [9.17, 15) is 4.79 Å². The van der Waals surface area contributed by atoms with Gasteiger partial charge in [0.15, 0.2) is 0 Å². The van der Waals surface area contributed by atoms with E-state index in [1.54, 1.807) is 4.90 Å². The zero-order valence-corrected chi connectivity index (χ0v) is 9.17.